The summed E-state index contributed by atoms with van der Waals surface area (Å²) < 4.78 is 76.5. The van der Waals surface area contributed by atoms with Gasteiger partial charge in [0.15, 0.2) is 9.84 Å². The number of sulfone groups is 1. The molecule has 0 fully saturated rings. The highest BCUT2D eigenvalue weighted by Gasteiger charge is 2.34. The average molecular weight is 414 g/mol. The number of hydrogen-bond acceptors (Lipinski definition) is 5. The van der Waals surface area contributed by atoms with Crippen molar-refractivity contribution in [1.82, 2.24) is 0 Å². The predicted octanol–water partition coefficient (Wildman–Crippen LogP) is 3.64. The van der Waals surface area contributed by atoms with Crippen molar-refractivity contribution in [3.05, 3.63) is 59.4 Å². The van der Waals surface area contributed by atoms with Gasteiger partial charge in [-0.05, 0) is 49.4 Å². The van der Waals surface area contributed by atoms with Crippen LogP contribution in [0, 0.1) is 17.1 Å². The van der Waals surface area contributed by atoms with Gasteiger partial charge in [-0.2, -0.15) is 18.4 Å². The van der Waals surface area contributed by atoms with E-state index in [2.05, 4.69) is 4.99 Å². The Morgan fingerprint density at radius 2 is 1.79 bits per heavy atom. The van der Waals surface area contributed by atoms with Crippen molar-refractivity contribution < 1.29 is 31.1 Å². The maximum absolute atomic E-state index is 13.0. The first-order chi connectivity index (χ1) is 12.8. The summed E-state index contributed by atoms with van der Waals surface area (Å²) in [6.07, 6.45) is -3.97. The second-order valence-corrected chi connectivity index (χ2v) is 8.16. The monoisotopic (exact) mass is 414 g/mol. The highest BCUT2D eigenvalue weighted by molar-refractivity contribution is 7.91. The first kappa shape index (κ1) is 21.5. The van der Waals surface area contributed by atoms with Gasteiger partial charge in [0.05, 0.1) is 33.5 Å². The average Bonchev–Trinajstić information content (AvgIpc) is 2.58. The lowest BCUT2D eigenvalue weighted by atomic mass is 10.1. The third-order valence-electron chi connectivity index (χ3n) is 3.58. The van der Waals surface area contributed by atoms with E-state index in [1.807, 2.05) is 0 Å². The van der Waals surface area contributed by atoms with Gasteiger partial charge in [0.2, 0.25) is 0 Å². The summed E-state index contributed by atoms with van der Waals surface area (Å²) >= 11 is 0. The third-order valence-corrected chi connectivity index (χ3v) is 5.53. The van der Waals surface area contributed by atoms with E-state index in [0.717, 1.165) is 49.5 Å². The molecule has 2 aromatic carbocycles. The van der Waals surface area contributed by atoms with E-state index >= 15 is 0 Å². The molecule has 2 aromatic rings. The number of hydrogen-bond donors (Lipinski definition) is 1. The van der Waals surface area contributed by atoms with Crippen molar-refractivity contribution >= 4 is 21.7 Å². The number of aliphatic hydroxyl groups is 1. The largest absolute Gasteiger partial charge is 0.417 e. The van der Waals surface area contributed by atoms with Gasteiger partial charge in [-0.1, -0.05) is 0 Å². The lowest BCUT2D eigenvalue weighted by Gasteiger charge is -2.18. The van der Waals surface area contributed by atoms with Crippen molar-refractivity contribution in [2.45, 2.75) is 23.6 Å². The zero-order valence-corrected chi connectivity index (χ0v) is 15.2. The van der Waals surface area contributed by atoms with Crippen LogP contribution in [0.5, 0.6) is 0 Å². The first-order valence-corrected chi connectivity index (χ1v) is 9.36. The second-order valence-electron chi connectivity index (χ2n) is 6.17. The quantitative estimate of drug-likeness (QED) is 0.459. The Labute approximate surface area is 158 Å². The smallest absolute Gasteiger partial charge is 0.383 e. The molecule has 0 aliphatic heterocycles. The Bertz CT molecular complexity index is 1040. The van der Waals surface area contributed by atoms with Crippen LogP contribution in [-0.2, 0) is 16.0 Å². The van der Waals surface area contributed by atoms with Gasteiger partial charge in [-0.25, -0.2) is 12.8 Å². The minimum Gasteiger partial charge on any atom is -0.383 e. The Morgan fingerprint density at radius 1 is 1.18 bits per heavy atom. The molecule has 5 nitrogen and oxygen atoms in total. The van der Waals surface area contributed by atoms with Crippen molar-refractivity contribution in [1.29, 1.82) is 5.26 Å². The molecule has 0 aliphatic carbocycles. The number of aliphatic imine (C=N–C) groups is 1. The lowest BCUT2D eigenvalue weighted by molar-refractivity contribution is -0.137. The minimum atomic E-state index is -4.77. The fourth-order valence-electron chi connectivity index (χ4n) is 2.31. The zero-order chi connectivity index (χ0) is 21.2. The highest BCUT2D eigenvalue weighted by atomic mass is 32.2. The van der Waals surface area contributed by atoms with Crippen molar-refractivity contribution in [2.75, 3.05) is 5.75 Å². The van der Waals surface area contributed by atoms with E-state index in [1.54, 1.807) is 0 Å². The molecule has 1 atom stereocenters. The van der Waals surface area contributed by atoms with E-state index in [1.165, 1.54) is 6.07 Å². The summed E-state index contributed by atoms with van der Waals surface area (Å²) in [5.41, 5.74) is -4.01. The zero-order valence-electron chi connectivity index (χ0n) is 14.4. The molecule has 1 N–H and O–H groups in total. The van der Waals surface area contributed by atoms with Crippen LogP contribution in [0.15, 0.2) is 52.4 Å². The van der Waals surface area contributed by atoms with Crippen LogP contribution in [0.1, 0.15) is 18.1 Å². The molecule has 0 amide bonds. The van der Waals surface area contributed by atoms with Gasteiger partial charge in [0.1, 0.15) is 11.4 Å². The van der Waals surface area contributed by atoms with Crippen LogP contribution in [0.4, 0.5) is 23.2 Å². The Balaban J connectivity index is 2.27. The van der Waals surface area contributed by atoms with Crippen molar-refractivity contribution in [3.63, 3.8) is 0 Å². The lowest BCUT2D eigenvalue weighted by Crippen LogP contribution is -2.35. The molecule has 0 saturated heterocycles. The molecule has 0 saturated carbocycles. The molecule has 1 unspecified atom stereocenters. The number of alkyl halides is 3. The summed E-state index contributed by atoms with van der Waals surface area (Å²) in [4.78, 5) is 3.49. The summed E-state index contributed by atoms with van der Waals surface area (Å²) in [7, 11) is -4.01. The van der Waals surface area contributed by atoms with Gasteiger partial charge in [-0.15, -0.1) is 0 Å². The fraction of sp³-hybridized carbons (Fsp3) is 0.222. The molecule has 28 heavy (non-hydrogen) atoms. The predicted molar refractivity (Wildman–Crippen MR) is 93.4 cm³/mol. The molecule has 10 heteroatoms. The molecule has 0 aromatic heterocycles. The topological polar surface area (TPSA) is 90.5 Å². The van der Waals surface area contributed by atoms with Crippen LogP contribution in [0.25, 0.3) is 0 Å². The van der Waals surface area contributed by atoms with E-state index in [0.29, 0.717) is 6.07 Å². The third kappa shape index (κ3) is 5.37. The number of halogens is 4. The summed E-state index contributed by atoms with van der Waals surface area (Å²) in [5, 5.41) is 19.0. The Morgan fingerprint density at radius 3 is 2.32 bits per heavy atom. The second kappa shape index (κ2) is 7.69. The summed E-state index contributed by atoms with van der Waals surface area (Å²) in [6, 6.07) is 8.09. The van der Waals surface area contributed by atoms with Crippen molar-refractivity contribution in [2.24, 2.45) is 4.99 Å². The number of rotatable bonds is 5. The Kier molecular flexibility index (Phi) is 5.91. The molecule has 0 aliphatic rings. The van der Waals surface area contributed by atoms with Crippen LogP contribution in [0.2, 0.25) is 0 Å². The van der Waals surface area contributed by atoms with Gasteiger partial charge < -0.3 is 5.11 Å². The number of benzene rings is 2. The van der Waals surface area contributed by atoms with Gasteiger partial charge in [-0.3, -0.25) is 4.99 Å². The molecule has 0 heterocycles. The first-order valence-electron chi connectivity index (χ1n) is 7.71. The molecular weight excluding hydrogens is 400 g/mol. The van der Waals surface area contributed by atoms with E-state index in [-0.39, 0.29) is 10.6 Å². The van der Waals surface area contributed by atoms with Crippen LogP contribution < -0.4 is 0 Å². The molecule has 0 bridgehead atoms. The van der Waals surface area contributed by atoms with Crippen LogP contribution in [0.3, 0.4) is 0 Å². The summed E-state index contributed by atoms with van der Waals surface area (Å²) in [6.45, 7) is 1.12. The molecule has 0 spiro atoms. The van der Waals surface area contributed by atoms with E-state index in [4.69, 9.17) is 5.26 Å². The Hall–Kier alpha value is -2.77. The SMILES string of the molecule is CC(O)(C=Nc1ccc(C#N)c(C(F)(F)F)c1)CS(=O)(=O)c1ccc(F)cc1. The van der Waals surface area contributed by atoms with Crippen LogP contribution >= 0.6 is 0 Å². The normalized spacial score (nSPS) is 14.6. The summed E-state index contributed by atoms with van der Waals surface area (Å²) in [5.74, 6) is -1.45. The number of nitriles is 1. The molecule has 0 radical (unpaired) electrons. The van der Waals surface area contributed by atoms with Crippen molar-refractivity contribution in [3.8, 4) is 6.07 Å². The van der Waals surface area contributed by atoms with Crippen LogP contribution in [-0.4, -0.2) is 31.1 Å². The maximum Gasteiger partial charge on any atom is 0.417 e. The van der Waals surface area contributed by atoms with E-state index < -0.39 is 44.3 Å². The number of nitrogens with zero attached hydrogens (tertiary/aromatic N) is 2. The highest BCUT2D eigenvalue weighted by Crippen LogP contribution is 2.34. The fourth-order valence-corrected chi connectivity index (χ4v) is 3.87. The maximum atomic E-state index is 13.0. The van der Waals surface area contributed by atoms with Gasteiger partial charge in [0.25, 0.3) is 0 Å². The minimum absolute atomic E-state index is 0.217. The van der Waals surface area contributed by atoms with Gasteiger partial charge >= 0.3 is 6.18 Å². The van der Waals surface area contributed by atoms with E-state index in [9.17, 15) is 31.1 Å². The molecule has 2 rings (SSSR count). The molecule has 148 valence electrons. The standard InChI is InChI=1S/C18H14F4N2O3S/c1-17(25,11-28(26,27)15-6-3-13(19)4-7-15)10-24-14-5-2-12(9-23)16(8-14)18(20,21)22/h2-8,10,25H,11H2,1H3. The van der Waals surface area contributed by atoms with Gasteiger partial charge in [0, 0.05) is 6.21 Å². The molecular formula is C18H14F4N2O3S.